The minimum Gasteiger partial charge on any atom is -0.376 e. The van der Waals surface area contributed by atoms with E-state index in [0.717, 1.165) is 31.3 Å². The maximum Gasteiger partial charge on any atom is 0.0717 e. The van der Waals surface area contributed by atoms with Crippen molar-refractivity contribution in [1.82, 2.24) is 0 Å². The average molecular weight is 403 g/mol. The summed E-state index contributed by atoms with van der Waals surface area (Å²) in [7, 11) is 0. The van der Waals surface area contributed by atoms with Crippen molar-refractivity contribution in [2.75, 3.05) is 6.61 Å². The summed E-state index contributed by atoms with van der Waals surface area (Å²) in [5, 5.41) is 0. The minimum atomic E-state index is 0.688. The van der Waals surface area contributed by atoms with Gasteiger partial charge >= 0.3 is 0 Å². The zero-order valence-corrected chi connectivity index (χ0v) is 18.9. The lowest BCUT2D eigenvalue weighted by molar-refractivity contribution is 0.125. The molecule has 1 heteroatoms. The second kappa shape index (κ2) is 12.5. The van der Waals surface area contributed by atoms with Gasteiger partial charge in [0.1, 0.15) is 0 Å². The van der Waals surface area contributed by atoms with Gasteiger partial charge in [0.25, 0.3) is 0 Å². The van der Waals surface area contributed by atoms with Crippen LogP contribution in [0.15, 0.2) is 72.8 Å². The molecule has 0 heterocycles. The molecule has 0 atom stereocenters. The Hall–Kier alpha value is -2.12. The molecule has 0 unspecified atom stereocenters. The standard InChI is InChI=1S/C29H38O/c1-3-5-7-9-24-10-14-26(15-11-24)28-18-20-29(21-19-28)27-16-12-25(13-17-27)23-30-22-8-6-4-2/h4-7,12-13,16-21,24,26H,3,8-11,14-15,22-23H2,1-2H3/t24-,26-. The molecule has 1 fully saturated rings. The van der Waals surface area contributed by atoms with Crippen molar-refractivity contribution in [3.05, 3.63) is 84.0 Å². The van der Waals surface area contributed by atoms with E-state index in [1.165, 1.54) is 54.4 Å². The van der Waals surface area contributed by atoms with Crippen molar-refractivity contribution < 1.29 is 4.74 Å². The molecule has 0 aromatic heterocycles. The van der Waals surface area contributed by atoms with Gasteiger partial charge in [0.2, 0.25) is 0 Å². The van der Waals surface area contributed by atoms with Gasteiger partial charge in [0.15, 0.2) is 0 Å². The number of hydrogen-bond donors (Lipinski definition) is 0. The van der Waals surface area contributed by atoms with E-state index < -0.39 is 0 Å². The highest BCUT2D eigenvalue weighted by molar-refractivity contribution is 5.64. The molecule has 1 aliphatic carbocycles. The van der Waals surface area contributed by atoms with Crippen LogP contribution in [-0.2, 0) is 11.3 Å². The molecule has 0 amide bonds. The summed E-state index contributed by atoms with van der Waals surface area (Å²) < 4.78 is 5.73. The fourth-order valence-electron chi connectivity index (χ4n) is 4.44. The third-order valence-corrected chi connectivity index (χ3v) is 6.32. The Balaban J connectivity index is 1.49. The number of benzene rings is 2. The van der Waals surface area contributed by atoms with Crippen LogP contribution in [0, 0.1) is 5.92 Å². The van der Waals surface area contributed by atoms with Gasteiger partial charge in [-0.25, -0.2) is 0 Å². The molecule has 1 aliphatic rings. The van der Waals surface area contributed by atoms with Gasteiger partial charge in [-0.05, 0) is 86.0 Å². The van der Waals surface area contributed by atoms with Crippen LogP contribution in [0.5, 0.6) is 0 Å². The molecule has 0 bridgehead atoms. The Kier molecular flexibility index (Phi) is 9.44. The monoisotopic (exact) mass is 402 g/mol. The van der Waals surface area contributed by atoms with Crippen LogP contribution < -0.4 is 0 Å². The number of rotatable bonds is 10. The maximum atomic E-state index is 5.73. The number of allylic oxidation sites excluding steroid dienone is 3. The molecule has 160 valence electrons. The molecular formula is C29H38O. The smallest absolute Gasteiger partial charge is 0.0717 e. The molecule has 0 N–H and O–H groups in total. The third-order valence-electron chi connectivity index (χ3n) is 6.32. The minimum absolute atomic E-state index is 0.688. The first-order valence-electron chi connectivity index (χ1n) is 11.8. The Morgan fingerprint density at radius 3 is 2.13 bits per heavy atom. The second-order valence-corrected chi connectivity index (χ2v) is 8.56. The van der Waals surface area contributed by atoms with E-state index in [1.807, 2.05) is 6.92 Å². The highest BCUT2D eigenvalue weighted by Crippen LogP contribution is 2.37. The van der Waals surface area contributed by atoms with Gasteiger partial charge in [-0.15, -0.1) is 0 Å². The van der Waals surface area contributed by atoms with E-state index in [1.54, 1.807) is 0 Å². The maximum absolute atomic E-state index is 5.73. The lowest BCUT2D eigenvalue weighted by atomic mass is 9.77. The molecule has 3 rings (SSSR count). The first-order valence-corrected chi connectivity index (χ1v) is 11.8. The summed E-state index contributed by atoms with van der Waals surface area (Å²) >= 11 is 0. The predicted molar refractivity (Wildman–Crippen MR) is 130 cm³/mol. The summed E-state index contributed by atoms with van der Waals surface area (Å²) in [4.78, 5) is 0. The zero-order valence-electron chi connectivity index (χ0n) is 18.9. The van der Waals surface area contributed by atoms with Gasteiger partial charge in [-0.2, -0.15) is 0 Å². The highest BCUT2D eigenvalue weighted by atomic mass is 16.5. The number of hydrogen-bond acceptors (Lipinski definition) is 1. The molecular weight excluding hydrogens is 364 g/mol. The SMILES string of the molecule is CC=CCCOCc1ccc(-c2ccc([C@H]3CC[C@H](CC=CCC)CC3)cc2)cc1. The first-order chi connectivity index (χ1) is 14.8. The van der Waals surface area contributed by atoms with Crippen LogP contribution in [-0.4, -0.2) is 6.61 Å². The summed E-state index contributed by atoms with van der Waals surface area (Å²) in [5.74, 6) is 1.64. The molecule has 1 nitrogen and oxygen atoms in total. The summed E-state index contributed by atoms with van der Waals surface area (Å²) in [6, 6.07) is 18.1. The Labute approximate surface area is 183 Å². The molecule has 30 heavy (non-hydrogen) atoms. The van der Waals surface area contributed by atoms with E-state index in [-0.39, 0.29) is 0 Å². The largest absolute Gasteiger partial charge is 0.376 e. The Morgan fingerprint density at radius 1 is 0.833 bits per heavy atom. The van der Waals surface area contributed by atoms with Crippen LogP contribution in [0.2, 0.25) is 0 Å². The van der Waals surface area contributed by atoms with E-state index in [0.29, 0.717) is 6.61 Å². The van der Waals surface area contributed by atoms with E-state index in [4.69, 9.17) is 4.74 Å². The van der Waals surface area contributed by atoms with Crippen molar-refractivity contribution in [2.24, 2.45) is 5.92 Å². The van der Waals surface area contributed by atoms with Gasteiger partial charge in [0, 0.05) is 0 Å². The first kappa shape index (κ1) is 22.6. The van der Waals surface area contributed by atoms with Crippen molar-refractivity contribution in [1.29, 1.82) is 0 Å². The fourth-order valence-corrected chi connectivity index (χ4v) is 4.44. The van der Waals surface area contributed by atoms with Crippen LogP contribution in [0.1, 0.15) is 75.8 Å². The van der Waals surface area contributed by atoms with Crippen LogP contribution in [0.25, 0.3) is 11.1 Å². The lowest BCUT2D eigenvalue weighted by Crippen LogP contribution is -2.12. The number of ether oxygens (including phenoxy) is 1. The predicted octanol–water partition coefficient (Wildman–Crippen LogP) is 8.47. The zero-order chi connectivity index (χ0) is 21.0. The quantitative estimate of drug-likeness (QED) is 0.286. The summed E-state index contributed by atoms with van der Waals surface area (Å²) in [5.41, 5.74) is 5.34. The molecule has 2 aromatic rings. The van der Waals surface area contributed by atoms with Crippen molar-refractivity contribution in [3.63, 3.8) is 0 Å². The molecule has 0 radical (unpaired) electrons. The van der Waals surface area contributed by atoms with E-state index >= 15 is 0 Å². The average Bonchev–Trinajstić information content (AvgIpc) is 2.80. The fraction of sp³-hybridized carbons (Fsp3) is 0.448. The Morgan fingerprint density at radius 2 is 1.50 bits per heavy atom. The van der Waals surface area contributed by atoms with Gasteiger partial charge in [-0.1, -0.05) is 79.8 Å². The highest BCUT2D eigenvalue weighted by Gasteiger charge is 2.21. The topological polar surface area (TPSA) is 9.23 Å². The summed E-state index contributed by atoms with van der Waals surface area (Å²) in [6.45, 7) is 5.73. The second-order valence-electron chi connectivity index (χ2n) is 8.56. The molecule has 1 saturated carbocycles. The van der Waals surface area contributed by atoms with Crippen molar-refractivity contribution in [3.8, 4) is 11.1 Å². The van der Waals surface area contributed by atoms with Crippen LogP contribution in [0.4, 0.5) is 0 Å². The molecule has 0 saturated heterocycles. The third kappa shape index (κ3) is 6.99. The van der Waals surface area contributed by atoms with Crippen molar-refractivity contribution in [2.45, 2.75) is 71.3 Å². The molecule has 0 aliphatic heterocycles. The summed E-state index contributed by atoms with van der Waals surface area (Å²) in [6.07, 6.45) is 17.8. The van der Waals surface area contributed by atoms with Crippen molar-refractivity contribution >= 4 is 0 Å². The Bertz CT molecular complexity index is 774. The van der Waals surface area contributed by atoms with E-state index in [2.05, 4.69) is 79.8 Å². The van der Waals surface area contributed by atoms with Gasteiger partial charge < -0.3 is 4.74 Å². The van der Waals surface area contributed by atoms with Crippen LogP contribution >= 0.6 is 0 Å². The van der Waals surface area contributed by atoms with Crippen LogP contribution in [0.3, 0.4) is 0 Å². The molecule has 0 spiro atoms. The van der Waals surface area contributed by atoms with E-state index in [9.17, 15) is 0 Å². The molecule has 2 aromatic carbocycles. The van der Waals surface area contributed by atoms with Gasteiger partial charge in [-0.3, -0.25) is 0 Å². The normalized spacial score (nSPS) is 19.7. The lowest BCUT2D eigenvalue weighted by Gasteiger charge is -2.28. The van der Waals surface area contributed by atoms with Gasteiger partial charge in [0.05, 0.1) is 13.2 Å².